The van der Waals surface area contributed by atoms with Crippen LogP contribution in [0.1, 0.15) is 43.2 Å². The summed E-state index contributed by atoms with van der Waals surface area (Å²) < 4.78 is 37.3. The zero-order valence-electron chi connectivity index (χ0n) is 10.7. The van der Waals surface area contributed by atoms with E-state index in [1.54, 1.807) is 0 Å². The van der Waals surface area contributed by atoms with Gasteiger partial charge in [0.1, 0.15) is 0 Å². The van der Waals surface area contributed by atoms with Gasteiger partial charge in [0.15, 0.2) is 0 Å². The van der Waals surface area contributed by atoms with E-state index in [1.807, 2.05) is 0 Å². The van der Waals surface area contributed by atoms with Gasteiger partial charge in [-0.25, -0.2) is 0 Å². The lowest BCUT2D eigenvalue weighted by Gasteiger charge is -2.15. The third kappa shape index (κ3) is 4.41. The van der Waals surface area contributed by atoms with Gasteiger partial charge in [0.25, 0.3) is 0 Å². The summed E-state index contributed by atoms with van der Waals surface area (Å²) in [7, 11) is 0. The molecule has 4 heteroatoms. The molecule has 0 aromatic heterocycles. The van der Waals surface area contributed by atoms with Crippen molar-refractivity contribution in [1.29, 1.82) is 0 Å². The molecule has 0 heterocycles. The predicted octanol–water partition coefficient (Wildman–Crippen LogP) is 5.44. The highest BCUT2D eigenvalue weighted by molar-refractivity contribution is 6.20. The Kier molecular flexibility index (Phi) is 4.77. The van der Waals surface area contributed by atoms with E-state index in [1.165, 1.54) is 37.8 Å². The molecular formula is C15H18ClF3. The van der Waals surface area contributed by atoms with E-state index in [4.69, 9.17) is 11.6 Å². The number of benzene rings is 1. The molecule has 1 unspecified atom stereocenters. The summed E-state index contributed by atoms with van der Waals surface area (Å²) in [6, 6.07) is 5.34. The van der Waals surface area contributed by atoms with Gasteiger partial charge in [-0.3, -0.25) is 0 Å². The number of hydrogen-bond donors (Lipinski definition) is 0. The molecule has 2 rings (SSSR count). The van der Waals surface area contributed by atoms with Crippen LogP contribution in [0.5, 0.6) is 0 Å². The van der Waals surface area contributed by atoms with Crippen LogP contribution < -0.4 is 0 Å². The summed E-state index contributed by atoms with van der Waals surface area (Å²) >= 11 is 6.30. The maximum Gasteiger partial charge on any atom is 0.416 e. The number of rotatable bonds is 4. The molecule has 19 heavy (non-hydrogen) atoms. The van der Waals surface area contributed by atoms with E-state index in [0.29, 0.717) is 12.3 Å². The Balaban J connectivity index is 1.88. The van der Waals surface area contributed by atoms with Gasteiger partial charge < -0.3 is 0 Å². The van der Waals surface area contributed by atoms with Crippen LogP contribution >= 0.6 is 11.6 Å². The van der Waals surface area contributed by atoms with Gasteiger partial charge in [0.2, 0.25) is 0 Å². The Hall–Kier alpha value is -0.700. The van der Waals surface area contributed by atoms with E-state index in [0.717, 1.165) is 24.1 Å². The zero-order valence-corrected chi connectivity index (χ0v) is 11.5. The van der Waals surface area contributed by atoms with Crippen LogP contribution in [-0.2, 0) is 12.6 Å². The lowest BCUT2D eigenvalue weighted by atomic mass is 9.97. The van der Waals surface area contributed by atoms with Crippen LogP contribution in [0.15, 0.2) is 24.3 Å². The average molecular weight is 291 g/mol. The van der Waals surface area contributed by atoms with Crippen LogP contribution in [0.2, 0.25) is 0 Å². The lowest BCUT2D eigenvalue weighted by Crippen LogP contribution is -2.10. The summed E-state index contributed by atoms with van der Waals surface area (Å²) in [5.74, 6) is 0.706. The van der Waals surface area contributed by atoms with Crippen molar-refractivity contribution in [3.8, 4) is 0 Å². The van der Waals surface area contributed by atoms with E-state index >= 15 is 0 Å². The fraction of sp³-hybridized carbons (Fsp3) is 0.600. The van der Waals surface area contributed by atoms with Crippen LogP contribution in [0.3, 0.4) is 0 Å². The Bertz CT molecular complexity index is 391. The van der Waals surface area contributed by atoms with Gasteiger partial charge >= 0.3 is 6.18 Å². The molecule has 106 valence electrons. The fourth-order valence-corrected chi connectivity index (χ4v) is 3.21. The molecule has 0 aliphatic heterocycles. The quantitative estimate of drug-likeness (QED) is 0.648. The third-order valence-electron chi connectivity index (χ3n) is 3.80. The molecule has 0 bridgehead atoms. The molecule has 0 N–H and O–H groups in total. The van der Waals surface area contributed by atoms with Crippen LogP contribution in [0.25, 0.3) is 0 Å². The maximum absolute atomic E-state index is 12.4. The molecule has 1 saturated carbocycles. The second kappa shape index (κ2) is 6.17. The van der Waals surface area contributed by atoms with Gasteiger partial charge in [-0.1, -0.05) is 37.8 Å². The maximum atomic E-state index is 12.4. The van der Waals surface area contributed by atoms with Crippen LogP contribution in [0.4, 0.5) is 13.2 Å². The first-order chi connectivity index (χ1) is 8.95. The van der Waals surface area contributed by atoms with Gasteiger partial charge in [-0.2, -0.15) is 13.2 Å². The van der Waals surface area contributed by atoms with Crippen molar-refractivity contribution in [3.63, 3.8) is 0 Å². The largest absolute Gasteiger partial charge is 0.416 e. The molecule has 1 aliphatic carbocycles. The number of alkyl halides is 4. The molecule has 1 fully saturated rings. The van der Waals surface area contributed by atoms with Crippen molar-refractivity contribution in [3.05, 3.63) is 35.4 Å². The molecule has 0 radical (unpaired) electrons. The minimum absolute atomic E-state index is 0.0276. The number of halogens is 4. The van der Waals surface area contributed by atoms with Crippen molar-refractivity contribution in [2.75, 3.05) is 0 Å². The fourth-order valence-electron chi connectivity index (χ4n) is 2.78. The SMILES string of the molecule is FC(F)(F)c1ccc(CC(Cl)CC2CCCC2)cc1. The molecule has 0 spiro atoms. The van der Waals surface area contributed by atoms with Crippen molar-refractivity contribution in [1.82, 2.24) is 0 Å². The topological polar surface area (TPSA) is 0 Å². The Morgan fingerprint density at radius 3 is 2.21 bits per heavy atom. The highest BCUT2D eigenvalue weighted by Crippen LogP contribution is 2.32. The first-order valence-corrected chi connectivity index (χ1v) is 7.19. The Morgan fingerprint density at radius 2 is 1.68 bits per heavy atom. The molecule has 0 amide bonds. The third-order valence-corrected chi connectivity index (χ3v) is 4.13. The summed E-state index contributed by atoms with van der Waals surface area (Å²) in [6.07, 6.45) is 2.43. The van der Waals surface area contributed by atoms with Crippen LogP contribution in [-0.4, -0.2) is 5.38 Å². The molecule has 1 aromatic carbocycles. The summed E-state index contributed by atoms with van der Waals surface area (Å²) in [5, 5.41) is 0.0276. The van der Waals surface area contributed by atoms with Gasteiger partial charge in [0, 0.05) is 5.38 Å². The second-order valence-corrected chi connectivity index (χ2v) is 6.00. The van der Waals surface area contributed by atoms with Gasteiger partial charge in [-0.05, 0) is 36.5 Å². The summed E-state index contributed by atoms with van der Waals surface area (Å²) in [4.78, 5) is 0. The Labute approximate surface area is 117 Å². The molecular weight excluding hydrogens is 273 g/mol. The average Bonchev–Trinajstić information content (AvgIpc) is 2.81. The number of hydrogen-bond acceptors (Lipinski definition) is 0. The van der Waals surface area contributed by atoms with Crippen LogP contribution in [0, 0.1) is 5.92 Å². The molecule has 0 nitrogen and oxygen atoms in total. The van der Waals surface area contributed by atoms with Gasteiger partial charge in [0.05, 0.1) is 5.56 Å². The predicted molar refractivity (Wildman–Crippen MR) is 71.4 cm³/mol. The summed E-state index contributed by atoms with van der Waals surface area (Å²) in [5.41, 5.74) is 0.282. The zero-order chi connectivity index (χ0) is 13.9. The highest BCUT2D eigenvalue weighted by atomic mass is 35.5. The highest BCUT2D eigenvalue weighted by Gasteiger charge is 2.30. The standard InChI is InChI=1S/C15H18ClF3/c16-14(9-11-3-1-2-4-11)10-12-5-7-13(8-6-12)15(17,18)19/h5-8,11,14H,1-4,9-10H2. The molecule has 1 aliphatic rings. The van der Waals surface area contributed by atoms with E-state index in [2.05, 4.69) is 0 Å². The van der Waals surface area contributed by atoms with E-state index in [-0.39, 0.29) is 5.38 Å². The first-order valence-electron chi connectivity index (χ1n) is 6.75. The molecule has 0 saturated heterocycles. The minimum atomic E-state index is -4.26. The minimum Gasteiger partial charge on any atom is -0.166 e. The first kappa shape index (κ1) is 14.7. The smallest absolute Gasteiger partial charge is 0.166 e. The van der Waals surface area contributed by atoms with E-state index in [9.17, 15) is 13.2 Å². The monoisotopic (exact) mass is 290 g/mol. The van der Waals surface area contributed by atoms with Crippen molar-refractivity contribution >= 4 is 11.6 Å². The normalized spacial score (nSPS) is 18.7. The van der Waals surface area contributed by atoms with Crippen molar-refractivity contribution in [2.45, 2.75) is 50.1 Å². The second-order valence-electron chi connectivity index (χ2n) is 5.38. The van der Waals surface area contributed by atoms with Gasteiger partial charge in [-0.15, -0.1) is 11.6 Å². The molecule has 1 atom stereocenters. The van der Waals surface area contributed by atoms with E-state index < -0.39 is 11.7 Å². The Morgan fingerprint density at radius 1 is 1.11 bits per heavy atom. The molecule has 1 aromatic rings. The van der Waals surface area contributed by atoms with Crippen molar-refractivity contribution < 1.29 is 13.2 Å². The summed E-state index contributed by atoms with van der Waals surface area (Å²) in [6.45, 7) is 0. The van der Waals surface area contributed by atoms with Crippen molar-refractivity contribution in [2.24, 2.45) is 5.92 Å². The lowest BCUT2D eigenvalue weighted by molar-refractivity contribution is -0.137.